The van der Waals surface area contributed by atoms with Gasteiger partial charge in [0.1, 0.15) is 0 Å². The summed E-state index contributed by atoms with van der Waals surface area (Å²) in [7, 11) is 0. The van der Waals surface area contributed by atoms with Gasteiger partial charge in [0.25, 0.3) is 0 Å². The second-order valence-corrected chi connectivity index (χ2v) is 5.27. The third kappa shape index (κ3) is 5.91. The van der Waals surface area contributed by atoms with Gasteiger partial charge in [0.05, 0.1) is 6.04 Å². The predicted octanol–water partition coefficient (Wildman–Crippen LogP) is 5.37. The maximum Gasteiger partial charge on any atom is 0.0576 e. The van der Waals surface area contributed by atoms with Crippen molar-refractivity contribution in [2.75, 3.05) is 6.54 Å². The molecule has 0 saturated carbocycles. The number of nitrogens with one attached hydrogen (secondary N) is 1. The van der Waals surface area contributed by atoms with Gasteiger partial charge < -0.3 is 5.32 Å². The summed E-state index contributed by atoms with van der Waals surface area (Å²) in [5.41, 5.74) is 2.68. The van der Waals surface area contributed by atoms with Crippen LogP contribution in [0, 0.1) is 0 Å². The number of benzene rings is 2. The Bertz CT molecular complexity index is 430. The van der Waals surface area contributed by atoms with E-state index in [4.69, 9.17) is 0 Å². The highest BCUT2D eigenvalue weighted by Crippen LogP contribution is 2.21. The summed E-state index contributed by atoms with van der Waals surface area (Å²) in [6, 6.07) is 21.7. The summed E-state index contributed by atoms with van der Waals surface area (Å²) in [6.07, 6.45) is 5.20. The Kier molecular flexibility index (Phi) is 8.80. The Hall–Kier alpha value is -1.31. The fraction of sp³-hybridized carbons (Fsp3) is 0.368. The lowest BCUT2D eigenvalue weighted by atomic mass is 9.98. The molecule has 0 atom stereocenters. The normalized spacial score (nSPS) is 10.4. The summed E-state index contributed by atoms with van der Waals surface area (Å²) in [5.74, 6) is 0. The molecule has 0 aliphatic carbocycles. The standard InChI is InChI=1S/C19H25N.ClH/c1-2-3-4-11-16-20-19(17-12-7-5-8-13-17)18-14-9-6-10-15-18;/h5-10,12-15,19-20H,2-4,11,16H2,1H3;1H. The van der Waals surface area contributed by atoms with Crippen molar-refractivity contribution in [2.45, 2.75) is 38.6 Å². The lowest BCUT2D eigenvalue weighted by Gasteiger charge is -2.20. The zero-order valence-corrected chi connectivity index (χ0v) is 13.6. The highest BCUT2D eigenvalue weighted by atomic mass is 35.5. The lowest BCUT2D eigenvalue weighted by molar-refractivity contribution is 0.556. The Morgan fingerprint density at radius 3 is 1.76 bits per heavy atom. The predicted molar refractivity (Wildman–Crippen MR) is 94.1 cm³/mol. The van der Waals surface area contributed by atoms with E-state index in [1.54, 1.807) is 0 Å². The Morgan fingerprint density at radius 2 is 1.29 bits per heavy atom. The van der Waals surface area contributed by atoms with Crippen LogP contribution in [-0.2, 0) is 0 Å². The first-order valence-electron chi connectivity index (χ1n) is 7.75. The Morgan fingerprint density at radius 1 is 0.762 bits per heavy atom. The monoisotopic (exact) mass is 303 g/mol. The highest BCUT2D eigenvalue weighted by Gasteiger charge is 2.12. The molecule has 2 aromatic rings. The quantitative estimate of drug-likeness (QED) is 0.647. The molecule has 1 N–H and O–H groups in total. The van der Waals surface area contributed by atoms with E-state index in [0.29, 0.717) is 6.04 Å². The first-order valence-corrected chi connectivity index (χ1v) is 7.75. The van der Waals surface area contributed by atoms with Crippen LogP contribution in [0.2, 0.25) is 0 Å². The first-order chi connectivity index (χ1) is 9.92. The lowest BCUT2D eigenvalue weighted by Crippen LogP contribution is -2.23. The average molecular weight is 304 g/mol. The average Bonchev–Trinajstić information content (AvgIpc) is 2.53. The van der Waals surface area contributed by atoms with Gasteiger partial charge in [-0.25, -0.2) is 0 Å². The smallest absolute Gasteiger partial charge is 0.0576 e. The minimum Gasteiger partial charge on any atom is -0.306 e. The molecule has 114 valence electrons. The van der Waals surface area contributed by atoms with Crippen molar-refractivity contribution in [1.82, 2.24) is 5.32 Å². The minimum absolute atomic E-state index is 0. The van der Waals surface area contributed by atoms with Gasteiger partial charge in [-0.1, -0.05) is 86.8 Å². The molecule has 0 aromatic heterocycles. The van der Waals surface area contributed by atoms with Crippen molar-refractivity contribution in [2.24, 2.45) is 0 Å². The van der Waals surface area contributed by atoms with Crippen LogP contribution in [0.25, 0.3) is 0 Å². The maximum atomic E-state index is 3.71. The van der Waals surface area contributed by atoms with E-state index in [2.05, 4.69) is 72.9 Å². The third-order valence-corrected chi connectivity index (χ3v) is 3.64. The SMILES string of the molecule is CCCCCCNC(c1ccccc1)c1ccccc1.Cl. The Balaban J connectivity index is 0.00000220. The van der Waals surface area contributed by atoms with Gasteiger partial charge in [0.15, 0.2) is 0 Å². The van der Waals surface area contributed by atoms with Crippen LogP contribution >= 0.6 is 12.4 Å². The maximum absolute atomic E-state index is 3.71. The number of hydrogen-bond donors (Lipinski definition) is 1. The van der Waals surface area contributed by atoms with Gasteiger partial charge in [0.2, 0.25) is 0 Å². The molecule has 0 radical (unpaired) electrons. The molecule has 2 aromatic carbocycles. The van der Waals surface area contributed by atoms with Crippen molar-refractivity contribution in [1.29, 1.82) is 0 Å². The molecule has 1 nitrogen and oxygen atoms in total. The van der Waals surface area contributed by atoms with Gasteiger partial charge in [-0.05, 0) is 24.1 Å². The van der Waals surface area contributed by atoms with Crippen LogP contribution in [0.15, 0.2) is 60.7 Å². The van der Waals surface area contributed by atoms with Crippen molar-refractivity contribution in [3.8, 4) is 0 Å². The molecule has 0 unspecified atom stereocenters. The molecule has 0 spiro atoms. The van der Waals surface area contributed by atoms with Crippen LogP contribution in [0.5, 0.6) is 0 Å². The molecular formula is C19H26ClN. The van der Waals surface area contributed by atoms with E-state index in [-0.39, 0.29) is 12.4 Å². The minimum atomic E-state index is 0. The zero-order chi connectivity index (χ0) is 14.0. The highest BCUT2D eigenvalue weighted by molar-refractivity contribution is 5.85. The molecule has 21 heavy (non-hydrogen) atoms. The van der Waals surface area contributed by atoms with E-state index >= 15 is 0 Å². The van der Waals surface area contributed by atoms with Gasteiger partial charge in [0, 0.05) is 0 Å². The molecule has 0 aliphatic rings. The fourth-order valence-corrected chi connectivity index (χ4v) is 2.52. The van der Waals surface area contributed by atoms with Crippen LogP contribution in [-0.4, -0.2) is 6.54 Å². The number of hydrogen-bond acceptors (Lipinski definition) is 1. The van der Waals surface area contributed by atoms with E-state index in [0.717, 1.165) is 6.54 Å². The number of rotatable bonds is 8. The van der Waals surface area contributed by atoms with Gasteiger partial charge >= 0.3 is 0 Å². The third-order valence-electron chi connectivity index (χ3n) is 3.64. The molecular weight excluding hydrogens is 278 g/mol. The van der Waals surface area contributed by atoms with Crippen LogP contribution in [0.4, 0.5) is 0 Å². The fourth-order valence-electron chi connectivity index (χ4n) is 2.52. The van der Waals surface area contributed by atoms with Crippen LogP contribution in [0.3, 0.4) is 0 Å². The molecule has 2 rings (SSSR count). The van der Waals surface area contributed by atoms with E-state index in [1.807, 2.05) is 0 Å². The van der Waals surface area contributed by atoms with Crippen LogP contribution in [0.1, 0.15) is 49.8 Å². The zero-order valence-electron chi connectivity index (χ0n) is 12.8. The Labute approximate surface area is 135 Å². The van der Waals surface area contributed by atoms with Gasteiger partial charge in [-0.3, -0.25) is 0 Å². The van der Waals surface area contributed by atoms with E-state index in [9.17, 15) is 0 Å². The summed E-state index contributed by atoms with van der Waals surface area (Å²) >= 11 is 0. The van der Waals surface area contributed by atoms with Crippen molar-refractivity contribution >= 4 is 12.4 Å². The largest absolute Gasteiger partial charge is 0.306 e. The van der Waals surface area contributed by atoms with Crippen molar-refractivity contribution < 1.29 is 0 Å². The van der Waals surface area contributed by atoms with Crippen molar-refractivity contribution in [3.05, 3.63) is 71.8 Å². The summed E-state index contributed by atoms with van der Waals surface area (Å²) in [5, 5.41) is 3.71. The van der Waals surface area contributed by atoms with Crippen LogP contribution < -0.4 is 5.32 Å². The summed E-state index contributed by atoms with van der Waals surface area (Å²) in [6.45, 7) is 3.33. The first kappa shape index (κ1) is 17.7. The topological polar surface area (TPSA) is 12.0 Å². The molecule has 0 saturated heterocycles. The van der Waals surface area contributed by atoms with Gasteiger partial charge in [-0.2, -0.15) is 0 Å². The molecule has 0 amide bonds. The van der Waals surface area contributed by atoms with Gasteiger partial charge in [-0.15, -0.1) is 12.4 Å². The second kappa shape index (κ2) is 10.4. The number of unbranched alkanes of at least 4 members (excludes halogenated alkanes) is 3. The molecule has 2 heteroatoms. The number of halogens is 1. The molecule has 0 heterocycles. The molecule has 0 bridgehead atoms. The summed E-state index contributed by atoms with van der Waals surface area (Å²) in [4.78, 5) is 0. The molecule has 0 fully saturated rings. The van der Waals surface area contributed by atoms with E-state index < -0.39 is 0 Å². The molecule has 0 aliphatic heterocycles. The summed E-state index contributed by atoms with van der Waals surface area (Å²) < 4.78 is 0. The van der Waals surface area contributed by atoms with Crippen molar-refractivity contribution in [3.63, 3.8) is 0 Å². The second-order valence-electron chi connectivity index (χ2n) is 5.27. The van der Waals surface area contributed by atoms with E-state index in [1.165, 1.54) is 36.8 Å².